The molecule has 3 aromatic rings. The predicted octanol–water partition coefficient (Wildman–Crippen LogP) is 4.52. The highest BCUT2D eigenvalue weighted by Crippen LogP contribution is 2.16. The molecule has 1 N–H and O–H groups in total. The number of nitrogens with one attached hydrogen (secondary N) is 1. The Kier molecular flexibility index (Phi) is 6.43. The smallest absolute Gasteiger partial charge is 0.338 e. The van der Waals surface area contributed by atoms with Crippen LogP contribution in [0.5, 0.6) is 0 Å². The fourth-order valence-corrected chi connectivity index (χ4v) is 3.06. The molecule has 3 aromatic carbocycles. The summed E-state index contributed by atoms with van der Waals surface area (Å²) < 4.78 is 5.36. The summed E-state index contributed by atoms with van der Waals surface area (Å²) in [6.07, 6.45) is 0.854. The molecular weight excluding hydrogens is 350 g/mol. The number of carbonyl (C=O) groups excluding carboxylic acids is 2. The van der Waals surface area contributed by atoms with Crippen LogP contribution in [0.3, 0.4) is 0 Å². The van der Waals surface area contributed by atoms with Crippen LogP contribution in [0.2, 0.25) is 0 Å². The zero-order valence-electron chi connectivity index (χ0n) is 16.2. The van der Waals surface area contributed by atoms with Gasteiger partial charge in [-0.2, -0.15) is 0 Å². The van der Waals surface area contributed by atoms with Crippen molar-refractivity contribution in [3.63, 3.8) is 0 Å². The standard InChI is InChI=1S/C24H25NO3/c1-17(12-13-19-8-4-3-5-9-19)25-23(26)18(2)28-24(27)22-15-14-20-10-6-7-11-21(20)16-22/h3-11,14-18H,12-13H2,1-2H3,(H,25,26)/t17-,18-/m1/s1. The van der Waals surface area contributed by atoms with Crippen molar-refractivity contribution in [2.75, 3.05) is 0 Å². The summed E-state index contributed by atoms with van der Waals surface area (Å²) in [5.41, 5.74) is 1.68. The van der Waals surface area contributed by atoms with Crippen LogP contribution >= 0.6 is 0 Å². The van der Waals surface area contributed by atoms with Crippen LogP contribution < -0.4 is 5.32 Å². The fourth-order valence-electron chi connectivity index (χ4n) is 3.06. The molecule has 2 atom stereocenters. The van der Waals surface area contributed by atoms with Crippen molar-refractivity contribution in [1.82, 2.24) is 5.32 Å². The Hall–Kier alpha value is -3.14. The summed E-state index contributed by atoms with van der Waals surface area (Å²) in [6.45, 7) is 3.55. The van der Waals surface area contributed by atoms with Crippen LogP contribution in [0.1, 0.15) is 36.2 Å². The van der Waals surface area contributed by atoms with E-state index in [4.69, 9.17) is 4.74 Å². The Bertz CT molecular complexity index is 952. The van der Waals surface area contributed by atoms with Crippen molar-refractivity contribution in [1.29, 1.82) is 0 Å². The van der Waals surface area contributed by atoms with Gasteiger partial charge in [0.05, 0.1) is 5.56 Å². The number of benzene rings is 3. The minimum Gasteiger partial charge on any atom is -0.449 e. The van der Waals surface area contributed by atoms with Gasteiger partial charge in [-0.25, -0.2) is 4.79 Å². The maximum absolute atomic E-state index is 12.4. The molecule has 0 saturated carbocycles. The normalized spacial score (nSPS) is 12.9. The summed E-state index contributed by atoms with van der Waals surface area (Å²) in [5, 5.41) is 4.93. The molecule has 0 unspecified atom stereocenters. The minimum absolute atomic E-state index is 0.00507. The number of ether oxygens (including phenoxy) is 1. The van der Waals surface area contributed by atoms with Crippen LogP contribution in [0.25, 0.3) is 10.8 Å². The molecule has 4 heteroatoms. The number of aryl methyl sites for hydroxylation is 1. The van der Waals surface area contributed by atoms with Gasteiger partial charge < -0.3 is 10.1 Å². The van der Waals surface area contributed by atoms with Crippen molar-refractivity contribution in [3.05, 3.63) is 83.9 Å². The van der Waals surface area contributed by atoms with Gasteiger partial charge >= 0.3 is 5.97 Å². The Morgan fingerprint density at radius 1 is 0.893 bits per heavy atom. The van der Waals surface area contributed by atoms with Gasteiger partial charge in [-0.05, 0) is 55.2 Å². The van der Waals surface area contributed by atoms with Crippen LogP contribution in [0, 0.1) is 0 Å². The number of fused-ring (bicyclic) bond motifs is 1. The molecule has 0 fully saturated rings. The maximum atomic E-state index is 12.4. The summed E-state index contributed by atoms with van der Waals surface area (Å²) >= 11 is 0. The van der Waals surface area contributed by atoms with Gasteiger partial charge in [-0.3, -0.25) is 4.79 Å². The van der Waals surface area contributed by atoms with E-state index in [-0.39, 0.29) is 11.9 Å². The SMILES string of the molecule is C[C@H](CCc1ccccc1)NC(=O)[C@@H](C)OC(=O)c1ccc2ccccc2c1. The second-order valence-electron chi connectivity index (χ2n) is 7.04. The van der Waals surface area contributed by atoms with E-state index in [1.54, 1.807) is 19.1 Å². The molecule has 0 aliphatic heterocycles. The maximum Gasteiger partial charge on any atom is 0.338 e. The topological polar surface area (TPSA) is 55.4 Å². The van der Waals surface area contributed by atoms with Gasteiger partial charge in [-0.15, -0.1) is 0 Å². The van der Waals surface area contributed by atoms with E-state index in [1.807, 2.05) is 55.5 Å². The van der Waals surface area contributed by atoms with Crippen molar-refractivity contribution in [2.24, 2.45) is 0 Å². The predicted molar refractivity (Wildman–Crippen MR) is 111 cm³/mol. The van der Waals surface area contributed by atoms with Gasteiger partial charge in [0.25, 0.3) is 5.91 Å². The van der Waals surface area contributed by atoms with Crippen LogP contribution in [-0.2, 0) is 16.0 Å². The van der Waals surface area contributed by atoms with Crippen molar-refractivity contribution < 1.29 is 14.3 Å². The summed E-state index contributed by atoms with van der Waals surface area (Å²) in [6, 6.07) is 23.3. The average molecular weight is 375 g/mol. The molecule has 144 valence electrons. The minimum atomic E-state index is -0.849. The Morgan fingerprint density at radius 2 is 1.57 bits per heavy atom. The molecule has 0 radical (unpaired) electrons. The Morgan fingerprint density at radius 3 is 2.32 bits per heavy atom. The van der Waals surface area contributed by atoms with Crippen molar-refractivity contribution >= 4 is 22.6 Å². The first-order valence-corrected chi connectivity index (χ1v) is 9.57. The van der Waals surface area contributed by atoms with Gasteiger partial charge in [0.15, 0.2) is 6.10 Å². The third-order valence-corrected chi connectivity index (χ3v) is 4.74. The molecular formula is C24H25NO3. The summed E-state index contributed by atoms with van der Waals surface area (Å²) in [7, 11) is 0. The van der Waals surface area contributed by atoms with E-state index in [0.29, 0.717) is 5.56 Å². The highest BCUT2D eigenvalue weighted by atomic mass is 16.5. The lowest BCUT2D eigenvalue weighted by Crippen LogP contribution is -2.41. The third kappa shape index (κ3) is 5.19. The highest BCUT2D eigenvalue weighted by Gasteiger charge is 2.20. The van der Waals surface area contributed by atoms with Gasteiger partial charge in [0.2, 0.25) is 0 Å². The second kappa shape index (κ2) is 9.18. The van der Waals surface area contributed by atoms with Crippen LogP contribution in [-0.4, -0.2) is 24.0 Å². The lowest BCUT2D eigenvalue weighted by molar-refractivity contribution is -0.129. The van der Waals surface area contributed by atoms with Crippen molar-refractivity contribution in [2.45, 2.75) is 38.8 Å². The van der Waals surface area contributed by atoms with Crippen LogP contribution in [0.15, 0.2) is 72.8 Å². The molecule has 28 heavy (non-hydrogen) atoms. The Balaban J connectivity index is 1.51. The number of amides is 1. The molecule has 0 spiro atoms. The summed E-state index contributed by atoms with van der Waals surface area (Å²) in [5.74, 6) is -0.778. The molecule has 1 amide bonds. The Labute approximate surface area is 165 Å². The molecule has 0 aromatic heterocycles. The van der Waals surface area contributed by atoms with Gasteiger partial charge in [0.1, 0.15) is 0 Å². The van der Waals surface area contributed by atoms with Gasteiger partial charge in [-0.1, -0.05) is 60.7 Å². The second-order valence-corrected chi connectivity index (χ2v) is 7.04. The van der Waals surface area contributed by atoms with E-state index in [0.717, 1.165) is 23.6 Å². The molecule has 0 saturated heterocycles. The van der Waals surface area contributed by atoms with Crippen LogP contribution in [0.4, 0.5) is 0 Å². The average Bonchev–Trinajstić information content (AvgIpc) is 2.72. The molecule has 0 bridgehead atoms. The number of esters is 1. The van der Waals surface area contributed by atoms with Gasteiger partial charge in [0, 0.05) is 6.04 Å². The van der Waals surface area contributed by atoms with E-state index in [2.05, 4.69) is 17.4 Å². The lowest BCUT2D eigenvalue weighted by Gasteiger charge is -2.18. The lowest BCUT2D eigenvalue weighted by atomic mass is 10.1. The number of hydrogen-bond donors (Lipinski definition) is 1. The zero-order valence-corrected chi connectivity index (χ0v) is 16.2. The molecule has 0 aliphatic carbocycles. The summed E-state index contributed by atoms with van der Waals surface area (Å²) in [4.78, 5) is 24.8. The van der Waals surface area contributed by atoms with E-state index < -0.39 is 12.1 Å². The van der Waals surface area contributed by atoms with E-state index in [9.17, 15) is 9.59 Å². The first kappa shape index (κ1) is 19.6. The highest BCUT2D eigenvalue weighted by molar-refractivity contribution is 5.96. The quantitative estimate of drug-likeness (QED) is 0.618. The van der Waals surface area contributed by atoms with E-state index in [1.165, 1.54) is 5.56 Å². The first-order chi connectivity index (χ1) is 13.5. The molecule has 0 heterocycles. The first-order valence-electron chi connectivity index (χ1n) is 9.57. The third-order valence-electron chi connectivity index (χ3n) is 4.74. The number of carbonyl (C=O) groups is 2. The largest absolute Gasteiger partial charge is 0.449 e. The number of hydrogen-bond acceptors (Lipinski definition) is 3. The monoisotopic (exact) mass is 375 g/mol. The van der Waals surface area contributed by atoms with E-state index >= 15 is 0 Å². The number of rotatable bonds is 7. The molecule has 4 nitrogen and oxygen atoms in total. The fraction of sp³-hybridized carbons (Fsp3) is 0.250. The van der Waals surface area contributed by atoms with Crippen molar-refractivity contribution in [3.8, 4) is 0 Å². The molecule has 3 rings (SSSR count). The zero-order chi connectivity index (χ0) is 19.9. The molecule has 0 aliphatic rings.